The molecule has 0 unspecified atom stereocenters. The summed E-state index contributed by atoms with van der Waals surface area (Å²) in [6, 6.07) is 19.6. The Kier molecular flexibility index (Phi) is 7.77. The normalized spacial score (nSPS) is 10.9. The molecule has 5 nitrogen and oxygen atoms in total. The van der Waals surface area contributed by atoms with Crippen molar-refractivity contribution in [1.82, 2.24) is 0 Å². The van der Waals surface area contributed by atoms with Crippen LogP contribution in [0.4, 0.5) is 5.69 Å². The molecule has 0 spiro atoms. The molecule has 0 aromatic heterocycles. The molecule has 0 aliphatic heterocycles. The van der Waals surface area contributed by atoms with Crippen molar-refractivity contribution in [3.63, 3.8) is 0 Å². The number of anilines is 1. The molecule has 0 atom stereocenters. The molecule has 162 valence electrons. The second kappa shape index (κ2) is 10.7. The molecule has 0 radical (unpaired) electrons. The summed E-state index contributed by atoms with van der Waals surface area (Å²) < 4.78 is 10.9. The number of amides is 1. The van der Waals surface area contributed by atoms with Crippen molar-refractivity contribution < 1.29 is 14.3 Å². The van der Waals surface area contributed by atoms with Crippen molar-refractivity contribution >= 4 is 46.4 Å². The number of aryl methyl sites for hydroxylation is 1. The van der Waals surface area contributed by atoms with E-state index >= 15 is 0 Å². The molecule has 0 fully saturated rings. The Morgan fingerprint density at radius 1 is 1.09 bits per heavy atom. The first-order chi connectivity index (χ1) is 15.4. The molecule has 0 saturated carbocycles. The van der Waals surface area contributed by atoms with Crippen LogP contribution in [-0.4, -0.2) is 19.6 Å². The van der Waals surface area contributed by atoms with Crippen molar-refractivity contribution in [3.8, 4) is 17.6 Å². The zero-order valence-corrected chi connectivity index (χ0v) is 19.0. The fourth-order valence-corrected chi connectivity index (χ4v) is 3.24. The van der Waals surface area contributed by atoms with Gasteiger partial charge in [-0.1, -0.05) is 29.3 Å². The Hall–Kier alpha value is -3.46. The number of hydrogen-bond acceptors (Lipinski definition) is 4. The van der Waals surface area contributed by atoms with Gasteiger partial charge in [0.15, 0.2) is 6.61 Å². The summed E-state index contributed by atoms with van der Waals surface area (Å²) in [5, 5.41) is 13.4. The quantitative estimate of drug-likeness (QED) is 0.323. The van der Waals surface area contributed by atoms with Gasteiger partial charge >= 0.3 is 0 Å². The molecule has 0 saturated heterocycles. The van der Waals surface area contributed by atoms with E-state index in [9.17, 15) is 10.1 Å². The fourth-order valence-electron chi connectivity index (χ4n) is 2.88. The monoisotopic (exact) mass is 466 g/mol. The van der Waals surface area contributed by atoms with E-state index in [1.807, 2.05) is 13.0 Å². The second-order valence-electron chi connectivity index (χ2n) is 6.88. The SMILES string of the molecule is COc1ccc(/C(C#N)=C/c2cc(Cl)ccc2OCC(=O)Nc2ccc(C)c(Cl)c2)cc1. The first kappa shape index (κ1) is 23.2. The summed E-state index contributed by atoms with van der Waals surface area (Å²) in [6.07, 6.45) is 1.67. The number of carbonyl (C=O) groups is 1. The number of methoxy groups -OCH3 is 1. The number of carbonyl (C=O) groups excluding carboxylic acids is 1. The Morgan fingerprint density at radius 3 is 2.50 bits per heavy atom. The van der Waals surface area contributed by atoms with E-state index in [4.69, 9.17) is 32.7 Å². The van der Waals surface area contributed by atoms with Gasteiger partial charge in [-0.15, -0.1) is 0 Å². The van der Waals surface area contributed by atoms with Gasteiger partial charge in [-0.25, -0.2) is 0 Å². The second-order valence-corrected chi connectivity index (χ2v) is 7.72. The van der Waals surface area contributed by atoms with Crippen molar-refractivity contribution in [2.24, 2.45) is 0 Å². The molecule has 7 heteroatoms. The predicted octanol–water partition coefficient (Wildman–Crippen LogP) is 6.39. The van der Waals surface area contributed by atoms with Crippen LogP contribution < -0.4 is 14.8 Å². The minimum atomic E-state index is -0.342. The van der Waals surface area contributed by atoms with Crippen LogP contribution in [0.15, 0.2) is 60.7 Å². The van der Waals surface area contributed by atoms with Crippen LogP contribution in [0.1, 0.15) is 16.7 Å². The van der Waals surface area contributed by atoms with Gasteiger partial charge in [-0.3, -0.25) is 4.79 Å². The predicted molar refractivity (Wildman–Crippen MR) is 128 cm³/mol. The Labute approximate surface area is 196 Å². The van der Waals surface area contributed by atoms with Crippen LogP contribution in [0, 0.1) is 18.3 Å². The van der Waals surface area contributed by atoms with Crippen molar-refractivity contribution in [3.05, 3.63) is 87.4 Å². The molecular weight excluding hydrogens is 447 g/mol. The van der Waals surface area contributed by atoms with E-state index in [0.717, 1.165) is 5.56 Å². The Balaban J connectivity index is 1.77. The Morgan fingerprint density at radius 2 is 1.84 bits per heavy atom. The number of halogens is 2. The average molecular weight is 467 g/mol. The van der Waals surface area contributed by atoms with Gasteiger partial charge in [-0.05, 0) is 78.7 Å². The summed E-state index contributed by atoms with van der Waals surface area (Å²) in [6.45, 7) is 1.66. The van der Waals surface area contributed by atoms with E-state index < -0.39 is 0 Å². The van der Waals surface area contributed by atoms with Gasteiger partial charge in [0.25, 0.3) is 5.91 Å². The first-order valence-corrected chi connectivity index (χ1v) is 10.4. The van der Waals surface area contributed by atoms with Gasteiger partial charge < -0.3 is 14.8 Å². The van der Waals surface area contributed by atoms with E-state index in [1.54, 1.807) is 67.8 Å². The highest BCUT2D eigenvalue weighted by Crippen LogP contribution is 2.28. The lowest BCUT2D eigenvalue weighted by Crippen LogP contribution is -2.20. The number of allylic oxidation sites excluding steroid dienone is 1. The lowest BCUT2D eigenvalue weighted by atomic mass is 10.0. The van der Waals surface area contributed by atoms with Gasteiger partial charge in [0.05, 0.1) is 18.8 Å². The maximum atomic E-state index is 12.3. The van der Waals surface area contributed by atoms with E-state index in [-0.39, 0.29) is 12.5 Å². The molecule has 1 amide bonds. The largest absolute Gasteiger partial charge is 0.497 e. The lowest BCUT2D eigenvalue weighted by molar-refractivity contribution is -0.118. The molecule has 0 heterocycles. The minimum Gasteiger partial charge on any atom is -0.497 e. The van der Waals surface area contributed by atoms with Gasteiger partial charge in [0.2, 0.25) is 0 Å². The standard InChI is InChI=1S/C25H20Cl2N2O3/c1-16-3-7-21(13-23(16)27)29-25(30)15-32-24-10-6-20(26)12-18(24)11-19(14-28)17-4-8-22(31-2)9-5-17/h3-13H,15H2,1-2H3,(H,29,30)/b19-11+. The molecular formula is C25H20Cl2N2O3. The van der Waals surface area contributed by atoms with Gasteiger partial charge in [0, 0.05) is 21.3 Å². The minimum absolute atomic E-state index is 0.224. The number of nitrogens with zero attached hydrogens (tertiary/aromatic N) is 1. The number of rotatable bonds is 7. The molecule has 0 bridgehead atoms. The highest BCUT2D eigenvalue weighted by atomic mass is 35.5. The van der Waals surface area contributed by atoms with Gasteiger partial charge in [0.1, 0.15) is 11.5 Å². The third kappa shape index (κ3) is 6.04. The summed E-state index contributed by atoms with van der Waals surface area (Å²) in [4.78, 5) is 12.3. The van der Waals surface area contributed by atoms with E-state index in [1.165, 1.54) is 0 Å². The molecule has 0 aliphatic rings. The smallest absolute Gasteiger partial charge is 0.262 e. The van der Waals surface area contributed by atoms with E-state index in [2.05, 4.69) is 11.4 Å². The summed E-state index contributed by atoms with van der Waals surface area (Å²) in [7, 11) is 1.58. The van der Waals surface area contributed by atoms with Crippen LogP contribution in [0.25, 0.3) is 11.6 Å². The fraction of sp³-hybridized carbons (Fsp3) is 0.120. The number of benzene rings is 3. The van der Waals surface area contributed by atoms with Crippen LogP contribution in [0.2, 0.25) is 10.0 Å². The van der Waals surface area contributed by atoms with E-state index in [0.29, 0.717) is 43.9 Å². The third-order valence-electron chi connectivity index (χ3n) is 4.61. The first-order valence-electron chi connectivity index (χ1n) is 9.64. The molecule has 3 aromatic carbocycles. The molecule has 0 aliphatic carbocycles. The summed E-state index contributed by atoms with van der Waals surface area (Å²) >= 11 is 12.3. The summed E-state index contributed by atoms with van der Waals surface area (Å²) in [5.74, 6) is 0.775. The number of ether oxygens (including phenoxy) is 2. The molecule has 3 aromatic rings. The number of hydrogen-bond donors (Lipinski definition) is 1. The van der Waals surface area contributed by atoms with Crippen molar-refractivity contribution in [1.29, 1.82) is 5.26 Å². The van der Waals surface area contributed by atoms with Crippen LogP contribution in [0.5, 0.6) is 11.5 Å². The van der Waals surface area contributed by atoms with Crippen molar-refractivity contribution in [2.75, 3.05) is 19.0 Å². The van der Waals surface area contributed by atoms with Crippen molar-refractivity contribution in [2.45, 2.75) is 6.92 Å². The van der Waals surface area contributed by atoms with Crippen LogP contribution in [-0.2, 0) is 4.79 Å². The maximum Gasteiger partial charge on any atom is 0.262 e. The van der Waals surface area contributed by atoms with Gasteiger partial charge in [-0.2, -0.15) is 5.26 Å². The molecule has 32 heavy (non-hydrogen) atoms. The van der Waals surface area contributed by atoms with Crippen LogP contribution in [0.3, 0.4) is 0 Å². The Bertz CT molecular complexity index is 1200. The topological polar surface area (TPSA) is 71.3 Å². The number of nitrogens with one attached hydrogen (secondary N) is 1. The zero-order valence-electron chi connectivity index (χ0n) is 17.5. The zero-order chi connectivity index (χ0) is 23.1. The van der Waals surface area contributed by atoms with Crippen LogP contribution >= 0.6 is 23.2 Å². The highest BCUT2D eigenvalue weighted by Gasteiger charge is 2.10. The maximum absolute atomic E-state index is 12.3. The number of nitriles is 1. The average Bonchev–Trinajstić information content (AvgIpc) is 2.79. The third-order valence-corrected chi connectivity index (χ3v) is 5.25. The summed E-state index contributed by atoms with van der Waals surface area (Å²) in [5.41, 5.74) is 3.21. The molecule has 3 rings (SSSR count). The molecule has 1 N–H and O–H groups in total. The lowest BCUT2D eigenvalue weighted by Gasteiger charge is -2.11. The highest BCUT2D eigenvalue weighted by molar-refractivity contribution is 6.31.